The number of hydrogen-bond acceptors (Lipinski definition) is 6. The number of nitrogens with zero attached hydrogens (tertiary/aromatic N) is 5. The summed E-state index contributed by atoms with van der Waals surface area (Å²) in [5.41, 5.74) is 8.63. The maximum Gasteiger partial charge on any atom is 0.278 e. The van der Waals surface area contributed by atoms with Gasteiger partial charge in [-0.15, -0.1) is 0 Å². The highest BCUT2D eigenvalue weighted by Gasteiger charge is 2.26. The Labute approximate surface area is 206 Å². The lowest BCUT2D eigenvalue weighted by atomic mass is 9.98. The van der Waals surface area contributed by atoms with Gasteiger partial charge in [0, 0.05) is 37.0 Å². The highest BCUT2D eigenvalue weighted by Crippen LogP contribution is 2.29. The van der Waals surface area contributed by atoms with E-state index in [1.165, 1.54) is 4.68 Å². The second kappa shape index (κ2) is 9.96. The lowest BCUT2D eigenvalue weighted by Crippen LogP contribution is -2.26. The van der Waals surface area contributed by atoms with Crippen molar-refractivity contribution >= 4 is 22.8 Å². The molecule has 0 bridgehead atoms. The first kappa shape index (κ1) is 24.5. The Morgan fingerprint density at radius 1 is 1.03 bits per heavy atom. The molecule has 4 rings (SSSR count). The van der Waals surface area contributed by atoms with Crippen LogP contribution in [0.5, 0.6) is 0 Å². The molecule has 2 aromatic carbocycles. The van der Waals surface area contributed by atoms with Gasteiger partial charge in [-0.3, -0.25) is 4.79 Å². The van der Waals surface area contributed by atoms with Gasteiger partial charge in [0.05, 0.1) is 23.7 Å². The van der Waals surface area contributed by atoms with Crippen LogP contribution >= 0.6 is 0 Å². The predicted molar refractivity (Wildman–Crippen MR) is 144 cm³/mol. The fourth-order valence-electron chi connectivity index (χ4n) is 4.35. The molecule has 0 radical (unpaired) electrons. The average Bonchev–Trinajstić information content (AvgIpc) is 3.15. The van der Waals surface area contributed by atoms with E-state index in [4.69, 9.17) is 14.7 Å². The first-order valence-electron chi connectivity index (χ1n) is 12.0. The van der Waals surface area contributed by atoms with E-state index in [0.29, 0.717) is 35.1 Å². The van der Waals surface area contributed by atoms with Gasteiger partial charge in [-0.2, -0.15) is 9.78 Å². The minimum atomic E-state index is -0.167. The summed E-state index contributed by atoms with van der Waals surface area (Å²) >= 11 is 0. The van der Waals surface area contributed by atoms with Crippen molar-refractivity contribution in [3.8, 4) is 11.3 Å². The number of anilines is 1. The normalized spacial score (nSPS) is 13.8. The lowest BCUT2D eigenvalue weighted by molar-refractivity contribution is 0.205. The largest absolute Gasteiger partial charge is 0.383 e. The summed E-state index contributed by atoms with van der Waals surface area (Å²) in [7, 11) is 1.72. The second-order valence-electron chi connectivity index (χ2n) is 8.96. The zero-order chi connectivity index (χ0) is 25.3. The van der Waals surface area contributed by atoms with E-state index in [-0.39, 0.29) is 5.56 Å². The van der Waals surface area contributed by atoms with Crippen molar-refractivity contribution in [2.24, 2.45) is 10.1 Å². The molecule has 0 fully saturated rings. The van der Waals surface area contributed by atoms with E-state index in [0.717, 1.165) is 46.7 Å². The van der Waals surface area contributed by atoms with Crippen LogP contribution in [0.1, 0.15) is 41.9 Å². The van der Waals surface area contributed by atoms with Crippen LogP contribution in [0.4, 0.5) is 11.4 Å². The third-order valence-corrected chi connectivity index (χ3v) is 6.68. The van der Waals surface area contributed by atoms with Crippen molar-refractivity contribution in [1.82, 2.24) is 9.66 Å². The molecule has 0 saturated carbocycles. The number of methoxy groups -OCH3 is 1. The Bertz CT molecular complexity index is 1400. The molecular formula is C28H33N5O2. The summed E-state index contributed by atoms with van der Waals surface area (Å²) in [6, 6.07) is 12.3. The van der Waals surface area contributed by atoms with Gasteiger partial charge >= 0.3 is 0 Å². The highest BCUT2D eigenvalue weighted by atomic mass is 16.5. The number of aryl methyl sites for hydroxylation is 2. The number of aliphatic imine (C=N–C) groups is 1. The molecule has 0 saturated heterocycles. The van der Waals surface area contributed by atoms with Crippen LogP contribution in [-0.2, 0) is 4.74 Å². The van der Waals surface area contributed by atoms with E-state index >= 15 is 0 Å². The minimum absolute atomic E-state index is 0.167. The Kier molecular flexibility index (Phi) is 6.98. The van der Waals surface area contributed by atoms with Crippen LogP contribution < -0.4 is 10.5 Å². The Hall–Kier alpha value is -3.58. The maximum atomic E-state index is 13.2. The van der Waals surface area contributed by atoms with Crippen LogP contribution in [0.15, 0.2) is 51.3 Å². The predicted octanol–water partition coefficient (Wildman–Crippen LogP) is 4.98. The molecule has 7 nitrogen and oxygen atoms in total. The first-order valence-corrected chi connectivity index (χ1v) is 12.0. The maximum absolute atomic E-state index is 13.2. The molecule has 35 heavy (non-hydrogen) atoms. The van der Waals surface area contributed by atoms with Crippen LogP contribution in [-0.4, -0.2) is 47.9 Å². The molecule has 0 amide bonds. The van der Waals surface area contributed by atoms with Gasteiger partial charge in [-0.1, -0.05) is 18.2 Å². The summed E-state index contributed by atoms with van der Waals surface area (Å²) in [6.07, 6.45) is 0. The number of benzene rings is 2. The molecule has 0 unspecified atom stereocenters. The number of ether oxygens (including phenoxy) is 1. The number of rotatable bonds is 7. The molecule has 0 aliphatic carbocycles. The number of likely N-dealkylation sites (N-methyl/N-ethyl adjacent to an activating group) is 1. The molecule has 1 aliphatic heterocycles. The van der Waals surface area contributed by atoms with Gasteiger partial charge in [0.1, 0.15) is 5.71 Å². The van der Waals surface area contributed by atoms with Crippen molar-refractivity contribution in [3.63, 3.8) is 0 Å². The Morgan fingerprint density at radius 3 is 2.49 bits per heavy atom. The van der Waals surface area contributed by atoms with Crippen molar-refractivity contribution in [3.05, 3.63) is 74.8 Å². The van der Waals surface area contributed by atoms with Crippen molar-refractivity contribution in [2.45, 2.75) is 41.5 Å². The first-order chi connectivity index (χ1) is 16.8. The summed E-state index contributed by atoms with van der Waals surface area (Å²) in [6.45, 7) is 14.4. The smallest absolute Gasteiger partial charge is 0.278 e. The third kappa shape index (κ3) is 4.56. The third-order valence-electron chi connectivity index (χ3n) is 6.68. The quantitative estimate of drug-likeness (QED) is 0.487. The van der Waals surface area contributed by atoms with Gasteiger partial charge in [-0.05, 0) is 76.4 Å². The molecule has 7 heteroatoms. The van der Waals surface area contributed by atoms with Crippen molar-refractivity contribution in [2.75, 3.05) is 31.7 Å². The van der Waals surface area contributed by atoms with Crippen LogP contribution in [0.3, 0.4) is 0 Å². The summed E-state index contributed by atoms with van der Waals surface area (Å²) < 4.78 is 6.63. The van der Waals surface area contributed by atoms with Crippen LogP contribution in [0.25, 0.3) is 11.3 Å². The molecule has 0 atom stereocenters. The molecule has 3 aromatic rings. The van der Waals surface area contributed by atoms with Crippen molar-refractivity contribution in [1.29, 1.82) is 0 Å². The number of hydrogen-bond donors (Lipinski definition) is 0. The van der Waals surface area contributed by atoms with Gasteiger partial charge < -0.3 is 9.64 Å². The topological polar surface area (TPSA) is 72.1 Å². The second-order valence-corrected chi connectivity index (χ2v) is 8.96. The summed E-state index contributed by atoms with van der Waals surface area (Å²) in [5, 5.41) is 4.49. The standard InChI is InChI=1S/C28H33N5O2/c1-8-32(14-15-35-7)22-12-13-24(18(3)16-22)29-26-21(6)31-33-27(26)30-25(20(5)28(33)34)23-11-9-10-17(2)19(23)4/h9-13,16H,8,14-15H2,1-7H3. The summed E-state index contributed by atoms with van der Waals surface area (Å²) in [5.74, 6) is 0.479. The zero-order valence-corrected chi connectivity index (χ0v) is 21.6. The average molecular weight is 472 g/mol. The van der Waals surface area contributed by atoms with Gasteiger partial charge in [0.15, 0.2) is 5.82 Å². The van der Waals surface area contributed by atoms with E-state index in [2.05, 4.69) is 49.0 Å². The molecular weight excluding hydrogens is 438 g/mol. The van der Waals surface area contributed by atoms with E-state index in [9.17, 15) is 4.79 Å². The molecule has 0 spiro atoms. The van der Waals surface area contributed by atoms with Crippen LogP contribution in [0.2, 0.25) is 0 Å². The number of aromatic nitrogens is 2. The van der Waals surface area contributed by atoms with E-state index in [1.54, 1.807) is 7.11 Å². The lowest BCUT2D eigenvalue weighted by Gasteiger charge is -2.23. The van der Waals surface area contributed by atoms with Gasteiger partial charge in [0.2, 0.25) is 0 Å². The molecule has 182 valence electrons. The van der Waals surface area contributed by atoms with E-state index in [1.807, 2.05) is 39.0 Å². The fraction of sp³-hybridized carbons (Fsp3) is 0.357. The van der Waals surface area contributed by atoms with Crippen molar-refractivity contribution < 1.29 is 4.74 Å². The highest BCUT2D eigenvalue weighted by molar-refractivity contribution is 6.48. The molecule has 0 N–H and O–H groups in total. The zero-order valence-electron chi connectivity index (χ0n) is 21.6. The fourth-order valence-corrected chi connectivity index (χ4v) is 4.35. The monoisotopic (exact) mass is 471 g/mol. The minimum Gasteiger partial charge on any atom is -0.383 e. The van der Waals surface area contributed by atoms with Crippen LogP contribution in [0, 0.1) is 27.7 Å². The SMILES string of the molecule is CCN(CCOC)c1ccc(N=C2C(C)=Nn3c2nc(-c2cccc(C)c2C)c(C)c3=O)c(C)c1. The summed E-state index contributed by atoms with van der Waals surface area (Å²) in [4.78, 5) is 25.4. The van der Waals surface area contributed by atoms with E-state index < -0.39 is 0 Å². The van der Waals surface area contributed by atoms with Gasteiger partial charge in [-0.25, -0.2) is 9.98 Å². The Morgan fingerprint density at radius 2 is 1.80 bits per heavy atom. The molecule has 1 aliphatic rings. The van der Waals surface area contributed by atoms with Gasteiger partial charge in [0.25, 0.3) is 5.56 Å². The number of fused-ring (bicyclic) bond motifs is 1. The Balaban J connectivity index is 1.80. The molecule has 2 heterocycles. The molecule has 1 aromatic heterocycles.